The normalized spacial score (nSPS) is 15.8. The molecule has 1 aromatic heterocycles. The molecule has 5 heteroatoms. The maximum absolute atomic E-state index is 9.52. The van der Waals surface area contributed by atoms with Crippen LogP contribution in [0.25, 0.3) is 0 Å². The van der Waals surface area contributed by atoms with E-state index in [4.69, 9.17) is 5.11 Å². The summed E-state index contributed by atoms with van der Waals surface area (Å²) < 4.78 is 1.60. The first-order valence-corrected chi connectivity index (χ1v) is 4.03. The molecule has 5 nitrogen and oxygen atoms in total. The summed E-state index contributed by atoms with van der Waals surface area (Å²) in [6.07, 6.45) is -0.736. The molecule has 3 N–H and O–H groups in total. The van der Waals surface area contributed by atoms with E-state index in [0.717, 1.165) is 5.69 Å². The van der Waals surface area contributed by atoms with Gasteiger partial charge in [-0.25, -0.2) is 0 Å². The van der Waals surface area contributed by atoms with E-state index in [9.17, 15) is 10.2 Å². The summed E-state index contributed by atoms with van der Waals surface area (Å²) in [5.74, 6) is 0. The molecule has 0 bridgehead atoms. The lowest BCUT2D eigenvalue weighted by Crippen LogP contribution is -2.22. The number of rotatable bonds is 3. The van der Waals surface area contributed by atoms with Gasteiger partial charge in [0.25, 0.3) is 0 Å². The number of aliphatic hydroxyl groups excluding tert-OH is 3. The summed E-state index contributed by atoms with van der Waals surface area (Å²) in [4.78, 5) is 0. The molecule has 0 amide bonds. The zero-order valence-corrected chi connectivity index (χ0v) is 7.68. The van der Waals surface area contributed by atoms with E-state index in [1.165, 1.54) is 6.20 Å². The lowest BCUT2D eigenvalue weighted by Gasteiger charge is -2.14. The van der Waals surface area contributed by atoms with E-state index in [-0.39, 0.29) is 0 Å². The number of nitrogens with zero attached hydrogens (tertiary/aromatic N) is 2. The van der Waals surface area contributed by atoms with Crippen molar-refractivity contribution >= 4 is 0 Å². The molecule has 2 unspecified atom stereocenters. The maximum Gasteiger partial charge on any atom is 0.110 e. The molecule has 0 saturated carbocycles. The van der Waals surface area contributed by atoms with E-state index >= 15 is 0 Å². The molecule has 0 aliphatic heterocycles. The minimum atomic E-state index is -1.15. The number of hydrogen-bond donors (Lipinski definition) is 3. The average Bonchev–Trinajstić information content (AvgIpc) is 2.45. The molecule has 1 aromatic rings. The molecule has 2 atom stereocenters. The lowest BCUT2D eigenvalue weighted by molar-refractivity contribution is -0.0155. The summed E-state index contributed by atoms with van der Waals surface area (Å²) in [5, 5.41) is 31.2. The first kappa shape index (κ1) is 10.2. The van der Waals surface area contributed by atoms with Crippen molar-refractivity contribution in [3.63, 3.8) is 0 Å². The van der Waals surface area contributed by atoms with Gasteiger partial charge in [0.05, 0.1) is 12.8 Å². The molecular formula is C8H14N2O3. The molecule has 0 spiro atoms. The third kappa shape index (κ3) is 1.88. The molecule has 1 heterocycles. The van der Waals surface area contributed by atoms with Gasteiger partial charge in [-0.2, -0.15) is 5.10 Å². The smallest absolute Gasteiger partial charge is 0.110 e. The van der Waals surface area contributed by atoms with Gasteiger partial charge in [-0.1, -0.05) is 0 Å². The van der Waals surface area contributed by atoms with Gasteiger partial charge in [-0.05, 0) is 6.92 Å². The number of aryl methyl sites for hydroxylation is 1. The number of hydrogen-bond acceptors (Lipinski definition) is 4. The second-order valence-electron chi connectivity index (χ2n) is 3.00. The van der Waals surface area contributed by atoms with Crippen LogP contribution in [0.5, 0.6) is 0 Å². The van der Waals surface area contributed by atoms with Crippen molar-refractivity contribution in [1.29, 1.82) is 0 Å². The van der Waals surface area contributed by atoms with Crippen LogP contribution in [0.15, 0.2) is 6.20 Å². The van der Waals surface area contributed by atoms with Gasteiger partial charge < -0.3 is 15.3 Å². The Balaban J connectivity index is 2.88. The highest BCUT2D eigenvalue weighted by Gasteiger charge is 2.21. The van der Waals surface area contributed by atoms with Gasteiger partial charge in [-0.15, -0.1) is 0 Å². The maximum atomic E-state index is 9.52. The van der Waals surface area contributed by atoms with Crippen LogP contribution >= 0.6 is 0 Å². The van der Waals surface area contributed by atoms with Gasteiger partial charge in [0, 0.05) is 18.3 Å². The Morgan fingerprint density at radius 2 is 2.15 bits per heavy atom. The minimum Gasteiger partial charge on any atom is -0.394 e. The highest BCUT2D eigenvalue weighted by Crippen LogP contribution is 2.19. The van der Waals surface area contributed by atoms with Crippen molar-refractivity contribution in [3.8, 4) is 0 Å². The standard InChI is InChI=1S/C8H14N2O3/c1-5-6(3-9-10(5)2)8(13)7(12)4-11/h3,7-8,11-13H,4H2,1-2H3. The molecule has 74 valence electrons. The Kier molecular flexibility index (Phi) is 3.02. The minimum absolute atomic E-state index is 0.463. The van der Waals surface area contributed by atoms with Crippen LogP contribution in [0.3, 0.4) is 0 Å². The Labute approximate surface area is 76.2 Å². The molecule has 13 heavy (non-hydrogen) atoms. The van der Waals surface area contributed by atoms with Crippen molar-refractivity contribution in [2.24, 2.45) is 7.05 Å². The molecule has 0 aliphatic carbocycles. The summed E-state index contributed by atoms with van der Waals surface area (Å²) in [7, 11) is 1.75. The Morgan fingerprint density at radius 1 is 1.54 bits per heavy atom. The topological polar surface area (TPSA) is 78.5 Å². The van der Waals surface area contributed by atoms with E-state index in [1.54, 1.807) is 18.7 Å². The third-order valence-electron chi connectivity index (χ3n) is 2.14. The monoisotopic (exact) mass is 186 g/mol. The molecule has 0 saturated heterocycles. The van der Waals surface area contributed by atoms with Gasteiger partial charge in [0.1, 0.15) is 12.2 Å². The van der Waals surface area contributed by atoms with Crippen LogP contribution in [-0.2, 0) is 7.05 Å². The SMILES string of the molecule is Cc1c(C(O)C(O)CO)cnn1C. The van der Waals surface area contributed by atoms with Gasteiger partial charge in [0.15, 0.2) is 0 Å². The fourth-order valence-corrected chi connectivity index (χ4v) is 1.11. The highest BCUT2D eigenvalue weighted by atomic mass is 16.4. The van der Waals surface area contributed by atoms with Gasteiger partial charge in [0.2, 0.25) is 0 Å². The van der Waals surface area contributed by atoms with E-state index in [0.29, 0.717) is 5.56 Å². The second kappa shape index (κ2) is 3.87. The quantitative estimate of drug-likeness (QED) is 0.572. The highest BCUT2D eigenvalue weighted by molar-refractivity contribution is 5.19. The zero-order valence-electron chi connectivity index (χ0n) is 7.68. The first-order valence-electron chi connectivity index (χ1n) is 4.03. The van der Waals surface area contributed by atoms with Crippen molar-refractivity contribution in [1.82, 2.24) is 9.78 Å². The van der Waals surface area contributed by atoms with Crippen molar-refractivity contribution in [3.05, 3.63) is 17.5 Å². The molecule has 0 aliphatic rings. The molecule has 0 fully saturated rings. The zero-order chi connectivity index (χ0) is 10.0. The number of aromatic nitrogens is 2. The Bertz CT molecular complexity index is 285. The van der Waals surface area contributed by atoms with E-state index < -0.39 is 18.8 Å². The first-order chi connectivity index (χ1) is 6.07. The third-order valence-corrected chi connectivity index (χ3v) is 2.14. The summed E-state index contributed by atoms with van der Waals surface area (Å²) >= 11 is 0. The fourth-order valence-electron chi connectivity index (χ4n) is 1.11. The van der Waals surface area contributed by atoms with Crippen LogP contribution in [0.1, 0.15) is 17.4 Å². The summed E-state index contributed by atoms with van der Waals surface area (Å²) in [6, 6.07) is 0. The molecule has 1 rings (SSSR count). The van der Waals surface area contributed by atoms with Crippen molar-refractivity contribution < 1.29 is 15.3 Å². The van der Waals surface area contributed by atoms with E-state index in [2.05, 4.69) is 5.10 Å². The van der Waals surface area contributed by atoms with Crippen LogP contribution in [0, 0.1) is 6.92 Å². The summed E-state index contributed by atoms with van der Waals surface area (Å²) in [5.41, 5.74) is 1.32. The molecule has 0 radical (unpaired) electrons. The van der Waals surface area contributed by atoms with Gasteiger partial charge in [-0.3, -0.25) is 4.68 Å². The molecule has 0 aromatic carbocycles. The van der Waals surface area contributed by atoms with Crippen LogP contribution < -0.4 is 0 Å². The van der Waals surface area contributed by atoms with Crippen molar-refractivity contribution in [2.75, 3.05) is 6.61 Å². The predicted octanol–water partition coefficient (Wildman–Crippen LogP) is -0.885. The summed E-state index contributed by atoms with van der Waals surface area (Å²) in [6.45, 7) is 1.32. The largest absolute Gasteiger partial charge is 0.394 e. The van der Waals surface area contributed by atoms with E-state index in [1.807, 2.05) is 0 Å². The fraction of sp³-hybridized carbons (Fsp3) is 0.625. The van der Waals surface area contributed by atoms with Crippen LogP contribution in [0.4, 0.5) is 0 Å². The predicted molar refractivity (Wildman–Crippen MR) is 46.0 cm³/mol. The van der Waals surface area contributed by atoms with Crippen LogP contribution in [-0.4, -0.2) is 37.8 Å². The average molecular weight is 186 g/mol. The number of aliphatic hydroxyl groups is 3. The Hall–Kier alpha value is -0.910. The lowest BCUT2D eigenvalue weighted by atomic mass is 10.1. The Morgan fingerprint density at radius 3 is 2.54 bits per heavy atom. The van der Waals surface area contributed by atoms with Gasteiger partial charge >= 0.3 is 0 Å². The van der Waals surface area contributed by atoms with Crippen LogP contribution in [0.2, 0.25) is 0 Å². The second-order valence-corrected chi connectivity index (χ2v) is 3.00. The molecular weight excluding hydrogens is 172 g/mol. The van der Waals surface area contributed by atoms with Crippen molar-refractivity contribution in [2.45, 2.75) is 19.1 Å².